The van der Waals surface area contributed by atoms with Crippen molar-refractivity contribution in [1.82, 2.24) is 4.74 Å². The number of hydrogen-bond donors (Lipinski definition) is 0. The molecule has 5 heteroatoms. The first kappa shape index (κ1) is 13.4. The molecule has 0 spiro atoms. The lowest BCUT2D eigenvalue weighted by Gasteiger charge is -2.17. The Bertz CT molecular complexity index is 631. The predicted molar refractivity (Wildman–Crippen MR) is 73.0 cm³/mol. The van der Waals surface area contributed by atoms with Crippen LogP contribution in [0, 0.1) is 5.82 Å². The predicted octanol–water partition coefficient (Wildman–Crippen LogP) is 2.72. The van der Waals surface area contributed by atoms with Gasteiger partial charge in [0.15, 0.2) is 0 Å². The molecule has 1 aromatic heterocycles. The van der Waals surface area contributed by atoms with Crippen molar-refractivity contribution in [2.75, 3.05) is 18.5 Å². The normalized spacial score (nSPS) is 10.7. The molecule has 0 fully saturated rings. The zero-order valence-corrected chi connectivity index (χ0v) is 11.3. The number of benzene rings is 1. The molecule has 0 aliphatic carbocycles. The highest BCUT2D eigenvalue weighted by molar-refractivity contribution is 5.65. The van der Waals surface area contributed by atoms with Crippen LogP contribution in [0.25, 0.3) is 11.1 Å². The second-order valence-corrected chi connectivity index (χ2v) is 4.34. The van der Waals surface area contributed by atoms with Crippen molar-refractivity contribution in [1.29, 1.82) is 0 Å². The summed E-state index contributed by atoms with van der Waals surface area (Å²) < 4.78 is 20.4. The quantitative estimate of drug-likeness (QED) is 0.852. The van der Waals surface area contributed by atoms with Gasteiger partial charge in [0.2, 0.25) is 0 Å². The molecule has 0 N–H and O–H groups in total. The number of anilines is 1. The van der Waals surface area contributed by atoms with Crippen molar-refractivity contribution >= 4 is 5.69 Å². The summed E-state index contributed by atoms with van der Waals surface area (Å²) in [4.78, 5) is 13.5. The second-order valence-electron chi connectivity index (χ2n) is 4.34. The van der Waals surface area contributed by atoms with E-state index in [9.17, 15) is 9.18 Å². The maximum atomic E-state index is 14.0. The highest BCUT2D eigenvalue weighted by atomic mass is 19.1. The molecule has 0 saturated heterocycles. The third-order valence-electron chi connectivity index (χ3n) is 3.15. The fraction of sp³-hybridized carbons (Fsp3) is 0.357. The van der Waals surface area contributed by atoms with Crippen molar-refractivity contribution < 1.29 is 8.91 Å². The molecular formula is C14H17FN2O2. The smallest absolute Gasteiger partial charge is 0.365 e. The maximum absolute atomic E-state index is 14.0. The molecule has 0 saturated carbocycles. The number of aromatic nitrogens is 1. The van der Waals surface area contributed by atoms with E-state index < -0.39 is 5.63 Å². The molecule has 0 atom stereocenters. The number of rotatable bonds is 4. The standard InChI is InChI=1S/C14H17FN2O2/c1-4-16(3)13-7-6-10(8-12(13)15)11-9-17(5-2)19-14(11)18/h6-9H,4-5H2,1-3H3. The Morgan fingerprint density at radius 2 is 2.11 bits per heavy atom. The molecule has 1 heterocycles. The minimum atomic E-state index is -0.446. The van der Waals surface area contributed by atoms with Crippen molar-refractivity contribution in [3.05, 3.63) is 40.6 Å². The Morgan fingerprint density at radius 1 is 1.37 bits per heavy atom. The van der Waals surface area contributed by atoms with Crippen molar-refractivity contribution in [2.45, 2.75) is 20.4 Å². The minimum Gasteiger partial charge on any atom is -0.373 e. The molecule has 0 aliphatic heterocycles. The van der Waals surface area contributed by atoms with Gasteiger partial charge in [0.1, 0.15) is 5.82 Å². The summed E-state index contributed by atoms with van der Waals surface area (Å²) in [6.45, 7) is 5.09. The SMILES string of the molecule is CCN(C)c1ccc(-c2cn(CC)oc2=O)cc1F. The molecular weight excluding hydrogens is 247 g/mol. The van der Waals surface area contributed by atoms with Crippen LogP contribution in [0.4, 0.5) is 10.1 Å². The number of halogens is 1. The van der Waals surface area contributed by atoms with E-state index in [-0.39, 0.29) is 5.82 Å². The minimum absolute atomic E-state index is 0.342. The van der Waals surface area contributed by atoms with Gasteiger partial charge >= 0.3 is 5.63 Å². The molecule has 4 nitrogen and oxygen atoms in total. The van der Waals surface area contributed by atoms with E-state index in [0.29, 0.717) is 29.9 Å². The van der Waals surface area contributed by atoms with Gasteiger partial charge in [-0.25, -0.2) is 13.9 Å². The Morgan fingerprint density at radius 3 is 2.63 bits per heavy atom. The molecule has 0 amide bonds. The van der Waals surface area contributed by atoms with E-state index >= 15 is 0 Å². The van der Waals surface area contributed by atoms with Gasteiger partial charge in [0, 0.05) is 13.6 Å². The summed E-state index contributed by atoms with van der Waals surface area (Å²) in [5.74, 6) is -0.342. The van der Waals surface area contributed by atoms with Gasteiger partial charge in [0.25, 0.3) is 0 Å². The fourth-order valence-electron chi connectivity index (χ4n) is 1.88. The van der Waals surface area contributed by atoms with Crippen LogP contribution < -0.4 is 10.5 Å². The summed E-state index contributed by atoms with van der Waals surface area (Å²) in [6, 6.07) is 4.78. The average Bonchev–Trinajstić information content (AvgIpc) is 2.79. The van der Waals surface area contributed by atoms with E-state index in [1.54, 1.807) is 23.2 Å². The lowest BCUT2D eigenvalue weighted by atomic mass is 10.1. The molecule has 1 aromatic carbocycles. The molecule has 102 valence electrons. The number of hydrogen-bond acceptors (Lipinski definition) is 3. The van der Waals surface area contributed by atoms with Crippen LogP contribution in [0.1, 0.15) is 13.8 Å². The van der Waals surface area contributed by atoms with E-state index in [2.05, 4.69) is 0 Å². The highest BCUT2D eigenvalue weighted by Crippen LogP contribution is 2.24. The summed E-state index contributed by atoms with van der Waals surface area (Å²) >= 11 is 0. The first-order chi connectivity index (χ1) is 9.06. The van der Waals surface area contributed by atoms with Crippen LogP contribution in [0.3, 0.4) is 0 Å². The summed E-state index contributed by atoms with van der Waals surface area (Å²) in [7, 11) is 1.82. The van der Waals surface area contributed by atoms with Gasteiger partial charge in [-0.1, -0.05) is 6.07 Å². The van der Waals surface area contributed by atoms with Crippen LogP contribution in [0.2, 0.25) is 0 Å². The topological polar surface area (TPSA) is 38.4 Å². The van der Waals surface area contributed by atoms with Gasteiger partial charge < -0.3 is 9.42 Å². The fourth-order valence-corrected chi connectivity index (χ4v) is 1.88. The number of nitrogens with zero attached hydrogens (tertiary/aromatic N) is 2. The van der Waals surface area contributed by atoms with Gasteiger partial charge in [-0.3, -0.25) is 0 Å². The van der Waals surface area contributed by atoms with Crippen LogP contribution in [-0.2, 0) is 6.54 Å². The highest BCUT2D eigenvalue weighted by Gasteiger charge is 2.12. The van der Waals surface area contributed by atoms with E-state index in [1.807, 2.05) is 20.9 Å². The van der Waals surface area contributed by atoms with Crippen molar-refractivity contribution in [2.24, 2.45) is 0 Å². The Labute approximate surface area is 111 Å². The first-order valence-electron chi connectivity index (χ1n) is 6.28. The molecule has 0 aliphatic rings. The van der Waals surface area contributed by atoms with Crippen molar-refractivity contribution in [3.63, 3.8) is 0 Å². The molecule has 0 bridgehead atoms. The molecule has 0 radical (unpaired) electrons. The Hall–Kier alpha value is -2.04. The second kappa shape index (κ2) is 5.30. The summed E-state index contributed by atoms with van der Waals surface area (Å²) in [5.41, 5.74) is 0.988. The lowest BCUT2D eigenvalue weighted by Crippen LogP contribution is -2.17. The summed E-state index contributed by atoms with van der Waals surface area (Å²) in [5, 5.41) is 0. The van der Waals surface area contributed by atoms with Gasteiger partial charge in [-0.2, -0.15) is 0 Å². The van der Waals surface area contributed by atoms with Crippen LogP contribution in [0.15, 0.2) is 33.7 Å². The molecule has 0 unspecified atom stereocenters. The average molecular weight is 264 g/mol. The largest absolute Gasteiger partial charge is 0.373 e. The Balaban J connectivity index is 2.44. The van der Waals surface area contributed by atoms with Gasteiger partial charge in [-0.05, 0) is 31.5 Å². The Kier molecular flexibility index (Phi) is 3.74. The zero-order valence-electron chi connectivity index (χ0n) is 11.3. The third-order valence-corrected chi connectivity index (χ3v) is 3.15. The van der Waals surface area contributed by atoms with Crippen LogP contribution in [0.5, 0.6) is 0 Å². The van der Waals surface area contributed by atoms with E-state index in [4.69, 9.17) is 4.52 Å². The first-order valence-corrected chi connectivity index (χ1v) is 6.28. The van der Waals surface area contributed by atoms with Crippen LogP contribution in [-0.4, -0.2) is 18.3 Å². The maximum Gasteiger partial charge on any atom is 0.365 e. The van der Waals surface area contributed by atoms with Crippen LogP contribution >= 0.6 is 0 Å². The molecule has 2 aromatic rings. The van der Waals surface area contributed by atoms with E-state index in [0.717, 1.165) is 0 Å². The van der Waals surface area contributed by atoms with Gasteiger partial charge in [0.05, 0.1) is 24.0 Å². The van der Waals surface area contributed by atoms with Crippen molar-refractivity contribution in [3.8, 4) is 11.1 Å². The van der Waals surface area contributed by atoms with Gasteiger partial charge in [-0.15, -0.1) is 0 Å². The van der Waals surface area contributed by atoms with E-state index in [1.165, 1.54) is 10.8 Å². The number of aryl methyl sites for hydroxylation is 1. The molecule has 19 heavy (non-hydrogen) atoms. The monoisotopic (exact) mass is 264 g/mol. The summed E-state index contributed by atoms with van der Waals surface area (Å²) in [6.07, 6.45) is 1.60. The third kappa shape index (κ3) is 2.54. The zero-order chi connectivity index (χ0) is 14.0. The molecule has 2 rings (SSSR count). The lowest BCUT2D eigenvalue weighted by molar-refractivity contribution is 0.260.